The minimum atomic E-state index is -1.01. The zero-order chi connectivity index (χ0) is 12.3. The van der Waals surface area contributed by atoms with E-state index in [1.807, 2.05) is 0 Å². The topological polar surface area (TPSA) is 79.5 Å². The number of carbonyl (C=O) groups excluding carboxylic acids is 1. The third kappa shape index (κ3) is 3.64. The maximum Gasteiger partial charge on any atom is 0.305 e. The molecule has 0 spiro atoms. The zero-order valence-corrected chi connectivity index (χ0v) is 11.5. The van der Waals surface area contributed by atoms with Gasteiger partial charge in [0.2, 0.25) is 5.91 Å². The van der Waals surface area contributed by atoms with Crippen LogP contribution in [-0.4, -0.2) is 17.0 Å². The first-order valence-corrected chi connectivity index (χ1v) is 5.92. The molecule has 0 aliphatic heterocycles. The highest BCUT2D eigenvalue weighted by Crippen LogP contribution is 2.31. The van der Waals surface area contributed by atoms with Crippen LogP contribution in [0.5, 0.6) is 0 Å². The smallest absolute Gasteiger partial charge is 0.305 e. The Morgan fingerprint density at radius 3 is 2.56 bits per heavy atom. The van der Waals surface area contributed by atoms with Crippen molar-refractivity contribution >= 4 is 43.7 Å². The van der Waals surface area contributed by atoms with Gasteiger partial charge in [-0.15, -0.1) is 0 Å². The monoisotopic (exact) mass is 353 g/mol. The van der Waals surface area contributed by atoms with Gasteiger partial charge in [-0.1, -0.05) is 0 Å². The number of furan rings is 1. The van der Waals surface area contributed by atoms with Crippen LogP contribution >= 0.6 is 31.9 Å². The van der Waals surface area contributed by atoms with Crippen LogP contribution in [0.4, 0.5) is 0 Å². The van der Waals surface area contributed by atoms with Gasteiger partial charge in [0.05, 0.1) is 16.9 Å². The van der Waals surface area contributed by atoms with Crippen LogP contribution in [0.1, 0.15) is 25.1 Å². The fourth-order valence-electron chi connectivity index (χ4n) is 1.18. The van der Waals surface area contributed by atoms with Gasteiger partial charge in [-0.25, -0.2) is 0 Å². The van der Waals surface area contributed by atoms with Crippen LogP contribution in [0.3, 0.4) is 0 Å². The number of amides is 1. The van der Waals surface area contributed by atoms with Crippen molar-refractivity contribution in [2.75, 3.05) is 0 Å². The molecule has 5 nitrogen and oxygen atoms in total. The molecule has 7 heteroatoms. The maximum absolute atomic E-state index is 10.9. The predicted molar refractivity (Wildman–Crippen MR) is 62.9 cm³/mol. The van der Waals surface area contributed by atoms with Gasteiger partial charge < -0.3 is 14.8 Å². The molecule has 0 aromatic carbocycles. The molecule has 0 saturated heterocycles. The van der Waals surface area contributed by atoms with Crippen molar-refractivity contribution in [2.45, 2.75) is 19.4 Å². The fourth-order valence-corrected chi connectivity index (χ4v) is 1.79. The van der Waals surface area contributed by atoms with E-state index in [-0.39, 0.29) is 12.3 Å². The summed E-state index contributed by atoms with van der Waals surface area (Å²) in [5, 5.41) is 11.2. The van der Waals surface area contributed by atoms with E-state index in [4.69, 9.17) is 9.52 Å². The Morgan fingerprint density at radius 1 is 1.56 bits per heavy atom. The molecule has 0 aliphatic rings. The van der Waals surface area contributed by atoms with Gasteiger partial charge in [-0.05, 0) is 37.9 Å². The Balaban J connectivity index is 2.90. The van der Waals surface area contributed by atoms with Crippen LogP contribution in [0.15, 0.2) is 19.6 Å². The maximum atomic E-state index is 10.9. The lowest BCUT2D eigenvalue weighted by atomic mass is 10.1. The Hall–Kier alpha value is -0.820. The van der Waals surface area contributed by atoms with Gasteiger partial charge in [0, 0.05) is 6.92 Å². The van der Waals surface area contributed by atoms with Crippen LogP contribution < -0.4 is 5.32 Å². The molecule has 1 amide bonds. The number of hydrogen-bond donors (Lipinski definition) is 2. The van der Waals surface area contributed by atoms with E-state index < -0.39 is 12.0 Å². The molecule has 1 rings (SSSR count). The number of rotatable bonds is 4. The van der Waals surface area contributed by atoms with E-state index in [0.717, 1.165) is 0 Å². The first-order chi connectivity index (χ1) is 7.40. The van der Waals surface area contributed by atoms with Crippen LogP contribution in [-0.2, 0) is 9.59 Å². The van der Waals surface area contributed by atoms with E-state index in [1.54, 1.807) is 6.07 Å². The highest BCUT2D eigenvalue weighted by atomic mass is 79.9. The third-order valence-corrected chi connectivity index (χ3v) is 3.47. The summed E-state index contributed by atoms with van der Waals surface area (Å²) in [6.45, 7) is 1.32. The average molecular weight is 355 g/mol. The molecular formula is C9H9Br2NO4. The Bertz CT molecular complexity index is 380. The summed E-state index contributed by atoms with van der Waals surface area (Å²) in [6.07, 6.45) is -0.230. The molecule has 0 unspecified atom stereocenters. The molecule has 1 heterocycles. The van der Waals surface area contributed by atoms with Crippen molar-refractivity contribution in [3.8, 4) is 0 Å². The number of carboxylic acids is 1. The number of hydrogen-bond acceptors (Lipinski definition) is 3. The number of halogens is 2. The second kappa shape index (κ2) is 5.49. The molecule has 1 aromatic heterocycles. The number of nitrogens with one attached hydrogen (secondary N) is 1. The van der Waals surface area contributed by atoms with Crippen LogP contribution in [0.25, 0.3) is 0 Å². The van der Waals surface area contributed by atoms with Gasteiger partial charge in [0.25, 0.3) is 0 Å². The van der Waals surface area contributed by atoms with E-state index in [0.29, 0.717) is 14.9 Å². The summed E-state index contributed by atoms with van der Waals surface area (Å²) >= 11 is 6.36. The molecule has 0 fully saturated rings. The Morgan fingerprint density at radius 2 is 2.19 bits per heavy atom. The molecule has 0 aliphatic carbocycles. The summed E-state index contributed by atoms with van der Waals surface area (Å²) < 4.78 is 6.40. The highest BCUT2D eigenvalue weighted by molar-refractivity contribution is 9.13. The molecule has 1 aromatic rings. The second-order valence-electron chi connectivity index (χ2n) is 3.12. The molecule has 16 heavy (non-hydrogen) atoms. The Labute approximate surface area is 108 Å². The minimum Gasteiger partial charge on any atom is -0.481 e. The quantitative estimate of drug-likeness (QED) is 0.870. The van der Waals surface area contributed by atoms with Crippen LogP contribution in [0.2, 0.25) is 0 Å². The van der Waals surface area contributed by atoms with Gasteiger partial charge in [0.1, 0.15) is 5.76 Å². The third-order valence-electron chi connectivity index (χ3n) is 1.76. The summed E-state index contributed by atoms with van der Waals surface area (Å²) in [6, 6.07) is 0.950. The van der Waals surface area contributed by atoms with Gasteiger partial charge in [-0.2, -0.15) is 0 Å². The lowest BCUT2D eigenvalue weighted by Crippen LogP contribution is -2.27. The van der Waals surface area contributed by atoms with Crippen molar-refractivity contribution in [2.24, 2.45) is 0 Å². The number of carboxylic acid groups (broad SMARTS) is 1. The van der Waals surface area contributed by atoms with E-state index in [1.165, 1.54) is 6.92 Å². The fraction of sp³-hybridized carbons (Fsp3) is 0.333. The summed E-state index contributed by atoms with van der Waals surface area (Å²) in [5.74, 6) is -0.936. The largest absolute Gasteiger partial charge is 0.481 e. The summed E-state index contributed by atoms with van der Waals surface area (Å²) in [4.78, 5) is 21.6. The van der Waals surface area contributed by atoms with Gasteiger partial charge in [-0.3, -0.25) is 9.59 Å². The van der Waals surface area contributed by atoms with E-state index in [2.05, 4.69) is 37.2 Å². The van der Waals surface area contributed by atoms with Crippen molar-refractivity contribution in [1.29, 1.82) is 0 Å². The first kappa shape index (κ1) is 13.2. The van der Waals surface area contributed by atoms with Crippen molar-refractivity contribution < 1.29 is 19.1 Å². The summed E-state index contributed by atoms with van der Waals surface area (Å²) in [5.41, 5.74) is 0. The normalized spacial score (nSPS) is 12.2. The lowest BCUT2D eigenvalue weighted by Gasteiger charge is -2.12. The standard InChI is InChI=1S/C9H9Br2NO4/c1-4(13)12-6(3-8(14)15)7-2-5(10)9(11)16-7/h2,6H,3H2,1H3,(H,12,13)(H,14,15)/t6-/m1/s1. The van der Waals surface area contributed by atoms with Gasteiger partial charge in [0.15, 0.2) is 4.67 Å². The summed E-state index contributed by atoms with van der Waals surface area (Å²) in [7, 11) is 0. The van der Waals surface area contributed by atoms with E-state index in [9.17, 15) is 9.59 Å². The second-order valence-corrected chi connectivity index (χ2v) is 4.70. The average Bonchev–Trinajstić information content (AvgIpc) is 2.44. The molecule has 88 valence electrons. The molecule has 0 bridgehead atoms. The SMILES string of the molecule is CC(=O)N[C@H](CC(=O)O)c1cc(Br)c(Br)o1. The number of aliphatic carboxylic acids is 1. The minimum absolute atomic E-state index is 0.230. The first-order valence-electron chi connectivity index (χ1n) is 4.33. The molecule has 0 radical (unpaired) electrons. The van der Waals surface area contributed by atoms with Crippen molar-refractivity contribution in [3.05, 3.63) is 21.0 Å². The number of carbonyl (C=O) groups is 2. The predicted octanol–water partition coefficient (Wildman–Crippen LogP) is 2.46. The lowest BCUT2D eigenvalue weighted by molar-refractivity contribution is -0.137. The van der Waals surface area contributed by atoms with E-state index >= 15 is 0 Å². The molecule has 1 atom stereocenters. The van der Waals surface area contributed by atoms with Crippen LogP contribution in [0, 0.1) is 0 Å². The molecular weight excluding hydrogens is 346 g/mol. The Kier molecular flexibility index (Phi) is 4.55. The molecule has 0 saturated carbocycles. The van der Waals surface area contributed by atoms with Gasteiger partial charge >= 0.3 is 5.97 Å². The molecule has 2 N–H and O–H groups in total. The van der Waals surface area contributed by atoms with Crippen molar-refractivity contribution in [3.63, 3.8) is 0 Å². The highest BCUT2D eigenvalue weighted by Gasteiger charge is 2.21. The zero-order valence-electron chi connectivity index (χ0n) is 8.29. The van der Waals surface area contributed by atoms with Crippen molar-refractivity contribution in [1.82, 2.24) is 5.32 Å².